The highest BCUT2D eigenvalue weighted by atomic mass is 16.6. The Morgan fingerprint density at radius 1 is 1.08 bits per heavy atom. The van der Waals surface area contributed by atoms with E-state index in [1.54, 1.807) is 24.3 Å². The van der Waals surface area contributed by atoms with Crippen LogP contribution in [0.3, 0.4) is 0 Å². The van der Waals surface area contributed by atoms with E-state index in [4.69, 9.17) is 10.5 Å². The van der Waals surface area contributed by atoms with Crippen LogP contribution >= 0.6 is 0 Å². The molecule has 0 radical (unpaired) electrons. The molecule has 0 fully saturated rings. The topological polar surface area (TPSA) is 102 Å². The molecule has 1 unspecified atom stereocenters. The van der Waals surface area contributed by atoms with Crippen LogP contribution in [0.4, 0.5) is 5.69 Å². The van der Waals surface area contributed by atoms with Gasteiger partial charge in [-0.3, -0.25) is 10.1 Å². The van der Waals surface area contributed by atoms with Crippen molar-refractivity contribution in [2.45, 2.75) is 5.92 Å². The maximum absolute atomic E-state index is 11.6. The van der Waals surface area contributed by atoms with Gasteiger partial charge in [-0.05, 0) is 16.8 Å². The average molecular weight is 343 g/mol. The van der Waals surface area contributed by atoms with Crippen molar-refractivity contribution in [3.63, 3.8) is 0 Å². The van der Waals surface area contributed by atoms with E-state index in [0.717, 1.165) is 10.8 Å². The maximum Gasteiger partial charge on any atom is 0.273 e. The van der Waals surface area contributed by atoms with Crippen molar-refractivity contribution in [2.24, 2.45) is 5.73 Å². The second kappa shape index (κ2) is 5.90. The zero-order valence-electron chi connectivity index (χ0n) is 13.5. The van der Waals surface area contributed by atoms with Crippen molar-refractivity contribution in [3.8, 4) is 11.8 Å². The first kappa shape index (κ1) is 15.7. The molecule has 6 heteroatoms. The van der Waals surface area contributed by atoms with E-state index >= 15 is 0 Å². The number of hydrogen-bond donors (Lipinski definition) is 1. The van der Waals surface area contributed by atoms with Gasteiger partial charge in [0, 0.05) is 17.2 Å². The lowest BCUT2D eigenvalue weighted by Crippen LogP contribution is -2.21. The first-order valence-electron chi connectivity index (χ1n) is 7.94. The number of para-hydroxylation sites is 1. The fourth-order valence-corrected chi connectivity index (χ4v) is 3.45. The third kappa shape index (κ3) is 2.26. The monoisotopic (exact) mass is 343 g/mol. The third-order valence-corrected chi connectivity index (χ3v) is 4.56. The van der Waals surface area contributed by atoms with E-state index in [1.807, 2.05) is 30.3 Å². The molecule has 1 aliphatic rings. The van der Waals surface area contributed by atoms with Gasteiger partial charge in [0.15, 0.2) is 0 Å². The second-order valence-corrected chi connectivity index (χ2v) is 5.94. The number of ether oxygens (including phenoxy) is 1. The molecule has 0 saturated carbocycles. The lowest BCUT2D eigenvalue weighted by Gasteiger charge is -2.27. The van der Waals surface area contributed by atoms with Crippen LogP contribution in [0.2, 0.25) is 0 Å². The molecule has 26 heavy (non-hydrogen) atoms. The highest BCUT2D eigenvalue weighted by molar-refractivity contribution is 5.90. The lowest BCUT2D eigenvalue weighted by molar-refractivity contribution is -0.385. The number of nitro groups is 1. The number of nitro benzene ring substituents is 1. The molecule has 4 rings (SSSR count). The van der Waals surface area contributed by atoms with Crippen LogP contribution in [0, 0.1) is 21.4 Å². The molecule has 0 aromatic heterocycles. The van der Waals surface area contributed by atoms with E-state index in [-0.39, 0.29) is 17.1 Å². The molecular formula is C20H13N3O3. The summed E-state index contributed by atoms with van der Waals surface area (Å²) in [6, 6.07) is 19.8. The molecule has 2 N–H and O–H groups in total. The molecule has 0 amide bonds. The van der Waals surface area contributed by atoms with Crippen molar-refractivity contribution >= 4 is 16.5 Å². The molecule has 0 spiro atoms. The zero-order chi connectivity index (χ0) is 18.3. The van der Waals surface area contributed by atoms with Crippen LogP contribution in [0.15, 0.2) is 72.1 Å². The molecule has 6 nitrogen and oxygen atoms in total. The van der Waals surface area contributed by atoms with Crippen molar-refractivity contribution in [2.75, 3.05) is 0 Å². The summed E-state index contributed by atoms with van der Waals surface area (Å²) < 4.78 is 5.66. The van der Waals surface area contributed by atoms with E-state index in [1.165, 1.54) is 6.07 Å². The van der Waals surface area contributed by atoms with Crippen molar-refractivity contribution < 1.29 is 9.66 Å². The van der Waals surface area contributed by atoms with Crippen molar-refractivity contribution in [1.29, 1.82) is 5.26 Å². The molecular weight excluding hydrogens is 330 g/mol. The molecule has 1 atom stereocenters. The van der Waals surface area contributed by atoms with Crippen LogP contribution in [-0.4, -0.2) is 4.92 Å². The highest BCUT2D eigenvalue weighted by Gasteiger charge is 2.35. The minimum Gasteiger partial charge on any atom is -0.440 e. The first-order valence-corrected chi connectivity index (χ1v) is 7.94. The Morgan fingerprint density at radius 2 is 1.81 bits per heavy atom. The van der Waals surface area contributed by atoms with E-state index in [2.05, 4.69) is 6.07 Å². The normalized spacial score (nSPS) is 15.9. The SMILES string of the molecule is N#CC1=C(N)Oc2ccc3ccccc3c2C1c1ccccc1[N+](=O)[O-]. The van der Waals surface area contributed by atoms with Gasteiger partial charge in [0.2, 0.25) is 5.88 Å². The van der Waals surface area contributed by atoms with Gasteiger partial charge in [0.25, 0.3) is 5.69 Å². The Hall–Kier alpha value is -3.85. The largest absolute Gasteiger partial charge is 0.440 e. The molecule has 1 heterocycles. The molecule has 3 aromatic rings. The summed E-state index contributed by atoms with van der Waals surface area (Å²) in [5.74, 6) is -0.196. The summed E-state index contributed by atoms with van der Waals surface area (Å²) >= 11 is 0. The molecule has 3 aromatic carbocycles. The van der Waals surface area contributed by atoms with Crippen LogP contribution in [-0.2, 0) is 0 Å². The quantitative estimate of drug-likeness (QED) is 0.560. The van der Waals surface area contributed by atoms with Gasteiger partial charge in [-0.15, -0.1) is 0 Å². The van der Waals surface area contributed by atoms with Crippen molar-refractivity contribution in [1.82, 2.24) is 0 Å². The van der Waals surface area contributed by atoms with Crippen LogP contribution in [0.25, 0.3) is 10.8 Å². The first-order chi connectivity index (χ1) is 12.6. The predicted octanol–water partition coefficient (Wildman–Crippen LogP) is 3.97. The fraction of sp³-hybridized carbons (Fsp3) is 0.0500. The van der Waals surface area contributed by atoms with Gasteiger partial charge >= 0.3 is 0 Å². The van der Waals surface area contributed by atoms with Gasteiger partial charge in [-0.1, -0.05) is 48.5 Å². The number of benzene rings is 3. The van der Waals surface area contributed by atoms with Crippen molar-refractivity contribution in [3.05, 3.63) is 93.4 Å². The average Bonchev–Trinajstić information content (AvgIpc) is 2.66. The summed E-state index contributed by atoms with van der Waals surface area (Å²) in [6.07, 6.45) is 0. The summed E-state index contributed by atoms with van der Waals surface area (Å²) in [5, 5.41) is 23.1. The van der Waals surface area contributed by atoms with E-state index in [9.17, 15) is 15.4 Å². The summed E-state index contributed by atoms with van der Waals surface area (Å²) in [7, 11) is 0. The summed E-state index contributed by atoms with van der Waals surface area (Å²) in [5.41, 5.74) is 7.21. The van der Waals surface area contributed by atoms with Gasteiger partial charge in [-0.2, -0.15) is 5.26 Å². The molecule has 126 valence electrons. The zero-order valence-corrected chi connectivity index (χ0v) is 13.5. The summed E-state index contributed by atoms with van der Waals surface area (Å²) in [4.78, 5) is 11.1. The number of fused-ring (bicyclic) bond motifs is 3. The maximum atomic E-state index is 11.6. The number of nitriles is 1. The second-order valence-electron chi connectivity index (χ2n) is 5.94. The molecule has 1 aliphatic heterocycles. The Morgan fingerprint density at radius 3 is 2.58 bits per heavy atom. The van der Waals surface area contributed by atoms with E-state index in [0.29, 0.717) is 16.9 Å². The Balaban J connectivity index is 2.10. The standard InChI is InChI=1S/C20H13N3O3/c21-11-15-18(14-7-3-4-8-16(14)23(24)25)19-13-6-2-1-5-12(13)9-10-17(19)26-20(15)22/h1-10,18H,22H2. The number of allylic oxidation sites excluding steroid dienone is 1. The van der Waals surface area contributed by atoms with E-state index < -0.39 is 10.8 Å². The molecule has 0 saturated heterocycles. The van der Waals surface area contributed by atoms with Gasteiger partial charge < -0.3 is 10.5 Å². The number of nitrogens with zero attached hydrogens (tertiary/aromatic N) is 2. The highest BCUT2D eigenvalue weighted by Crippen LogP contribution is 2.47. The van der Waals surface area contributed by atoms with Gasteiger partial charge in [-0.25, -0.2) is 0 Å². The van der Waals surface area contributed by atoms with Gasteiger partial charge in [0.1, 0.15) is 17.4 Å². The van der Waals surface area contributed by atoms with Crippen LogP contribution < -0.4 is 10.5 Å². The Bertz CT molecular complexity index is 1130. The molecule has 0 bridgehead atoms. The fourth-order valence-electron chi connectivity index (χ4n) is 3.45. The third-order valence-electron chi connectivity index (χ3n) is 4.56. The van der Waals surface area contributed by atoms with Crippen LogP contribution in [0.5, 0.6) is 5.75 Å². The molecule has 0 aliphatic carbocycles. The minimum absolute atomic E-state index is 0.0292. The Kier molecular flexibility index (Phi) is 3.55. The smallest absolute Gasteiger partial charge is 0.273 e. The number of nitrogens with two attached hydrogens (primary N) is 1. The minimum atomic E-state index is -0.670. The Labute approximate surface area is 148 Å². The number of hydrogen-bond acceptors (Lipinski definition) is 5. The lowest BCUT2D eigenvalue weighted by atomic mass is 9.80. The number of rotatable bonds is 2. The van der Waals surface area contributed by atoms with Crippen LogP contribution in [0.1, 0.15) is 17.0 Å². The predicted molar refractivity (Wildman–Crippen MR) is 96.3 cm³/mol. The summed E-state index contributed by atoms with van der Waals surface area (Å²) in [6.45, 7) is 0. The van der Waals surface area contributed by atoms with Gasteiger partial charge in [0.05, 0.1) is 10.8 Å².